The molecule has 0 radical (unpaired) electrons. The topological polar surface area (TPSA) is 29.3 Å². The maximum Gasteiger partial charge on any atom is 0.00414 e. The molecule has 0 bridgehead atoms. The van der Waals surface area contributed by atoms with Gasteiger partial charge in [-0.05, 0) is 57.5 Å². The summed E-state index contributed by atoms with van der Waals surface area (Å²) < 4.78 is 0. The molecule has 0 amide bonds. The van der Waals surface area contributed by atoms with E-state index in [-0.39, 0.29) is 0 Å². The summed E-state index contributed by atoms with van der Waals surface area (Å²) in [4.78, 5) is 2.62. The minimum Gasteiger partial charge on any atom is -0.330 e. The quantitative estimate of drug-likeness (QED) is 0.700. The van der Waals surface area contributed by atoms with Gasteiger partial charge in [-0.1, -0.05) is 0 Å². The normalized spacial score (nSPS) is 40.2. The maximum atomic E-state index is 5.67. The fourth-order valence-corrected chi connectivity index (χ4v) is 3.08. The van der Waals surface area contributed by atoms with Crippen molar-refractivity contribution in [1.29, 1.82) is 0 Å². The molecule has 76 valence electrons. The van der Waals surface area contributed by atoms with E-state index in [1.165, 1.54) is 32.4 Å². The molecule has 1 heterocycles. The number of hydrogen-bond donors (Lipinski definition) is 1. The highest BCUT2D eigenvalue weighted by atomic mass is 15.2. The molecule has 13 heavy (non-hydrogen) atoms. The summed E-state index contributed by atoms with van der Waals surface area (Å²) in [5.41, 5.74) is 6.35. The zero-order chi connectivity index (χ0) is 9.47. The van der Waals surface area contributed by atoms with Gasteiger partial charge in [-0.25, -0.2) is 0 Å². The summed E-state index contributed by atoms with van der Waals surface area (Å²) in [6.45, 7) is 8.16. The summed E-state index contributed by atoms with van der Waals surface area (Å²) in [6.07, 6.45) is 4.21. The summed E-state index contributed by atoms with van der Waals surface area (Å²) in [7, 11) is 0. The van der Waals surface area contributed by atoms with E-state index in [2.05, 4.69) is 18.7 Å². The molecular formula is C11H22N2. The fraction of sp³-hybridized carbons (Fsp3) is 1.00. The lowest BCUT2D eigenvalue weighted by molar-refractivity contribution is 0.0642. The number of hydrogen-bond acceptors (Lipinski definition) is 2. The summed E-state index contributed by atoms with van der Waals surface area (Å²) in [5.74, 6) is 0.840. The van der Waals surface area contributed by atoms with Crippen LogP contribution in [0.15, 0.2) is 0 Å². The Morgan fingerprint density at radius 2 is 2.15 bits per heavy atom. The summed E-state index contributed by atoms with van der Waals surface area (Å²) >= 11 is 0. The van der Waals surface area contributed by atoms with Crippen molar-refractivity contribution in [3.05, 3.63) is 0 Å². The molecule has 1 saturated heterocycles. The Labute approximate surface area is 81.5 Å². The van der Waals surface area contributed by atoms with Crippen LogP contribution >= 0.6 is 0 Å². The predicted molar refractivity (Wildman–Crippen MR) is 55.5 cm³/mol. The van der Waals surface area contributed by atoms with E-state index >= 15 is 0 Å². The van der Waals surface area contributed by atoms with E-state index in [1.54, 1.807) is 0 Å². The first-order valence-electron chi connectivity index (χ1n) is 5.59. The van der Waals surface area contributed by atoms with E-state index in [0.29, 0.717) is 5.41 Å². The number of nitrogens with two attached hydrogens (primary N) is 1. The molecule has 0 aromatic rings. The molecule has 2 rings (SSSR count). The molecule has 2 fully saturated rings. The fourth-order valence-electron chi connectivity index (χ4n) is 3.08. The maximum absolute atomic E-state index is 5.67. The van der Waals surface area contributed by atoms with Gasteiger partial charge in [-0.2, -0.15) is 0 Å². The van der Waals surface area contributed by atoms with E-state index in [9.17, 15) is 0 Å². The van der Waals surface area contributed by atoms with Gasteiger partial charge in [0.2, 0.25) is 0 Å². The molecule has 0 aromatic heterocycles. The standard InChI is InChI=1S/C11H22N2/c1-9(2)13-4-3-11(8-13)5-10(6-11)7-12/h9-10H,3-8,12H2,1-2H3. The first-order chi connectivity index (χ1) is 6.15. The minimum absolute atomic E-state index is 0.689. The van der Waals surface area contributed by atoms with Crippen molar-refractivity contribution in [2.24, 2.45) is 17.1 Å². The molecule has 1 saturated carbocycles. The Bertz CT molecular complexity index is 183. The van der Waals surface area contributed by atoms with Gasteiger partial charge in [-0.15, -0.1) is 0 Å². The average Bonchev–Trinajstić information content (AvgIpc) is 2.45. The number of likely N-dealkylation sites (tertiary alicyclic amines) is 1. The van der Waals surface area contributed by atoms with Crippen molar-refractivity contribution in [2.45, 2.75) is 39.2 Å². The van der Waals surface area contributed by atoms with E-state index < -0.39 is 0 Å². The Morgan fingerprint density at radius 1 is 1.46 bits per heavy atom. The molecule has 0 unspecified atom stereocenters. The largest absolute Gasteiger partial charge is 0.330 e. The second-order valence-electron chi connectivity index (χ2n) is 5.32. The average molecular weight is 182 g/mol. The molecule has 0 atom stereocenters. The summed E-state index contributed by atoms with van der Waals surface area (Å²) in [6, 6.07) is 0.733. The highest BCUT2D eigenvalue weighted by molar-refractivity contribution is 5.00. The third-order valence-electron chi connectivity index (χ3n) is 3.97. The second kappa shape index (κ2) is 3.25. The Morgan fingerprint density at radius 3 is 2.62 bits per heavy atom. The van der Waals surface area contributed by atoms with Crippen LogP contribution in [-0.4, -0.2) is 30.6 Å². The number of nitrogens with zero attached hydrogens (tertiary/aromatic N) is 1. The lowest BCUT2D eigenvalue weighted by Crippen LogP contribution is -2.43. The third kappa shape index (κ3) is 1.62. The molecule has 2 aliphatic rings. The molecule has 0 aromatic carbocycles. The molecule has 2 heteroatoms. The van der Waals surface area contributed by atoms with E-state index in [4.69, 9.17) is 5.73 Å². The van der Waals surface area contributed by atoms with Crippen LogP contribution in [0.2, 0.25) is 0 Å². The van der Waals surface area contributed by atoms with Crippen LogP contribution in [0.5, 0.6) is 0 Å². The Balaban J connectivity index is 1.86. The van der Waals surface area contributed by atoms with Gasteiger partial charge in [-0.3, -0.25) is 0 Å². The summed E-state index contributed by atoms with van der Waals surface area (Å²) in [5, 5.41) is 0. The Kier molecular flexibility index (Phi) is 2.37. The molecule has 2 N–H and O–H groups in total. The molecular weight excluding hydrogens is 160 g/mol. The molecule has 1 aliphatic carbocycles. The van der Waals surface area contributed by atoms with Gasteiger partial charge in [0, 0.05) is 12.6 Å². The van der Waals surface area contributed by atoms with Crippen LogP contribution < -0.4 is 5.73 Å². The van der Waals surface area contributed by atoms with Gasteiger partial charge in [0.1, 0.15) is 0 Å². The number of rotatable bonds is 2. The van der Waals surface area contributed by atoms with Crippen molar-refractivity contribution in [1.82, 2.24) is 4.90 Å². The van der Waals surface area contributed by atoms with Crippen molar-refractivity contribution in [3.8, 4) is 0 Å². The van der Waals surface area contributed by atoms with Crippen LogP contribution in [-0.2, 0) is 0 Å². The highest BCUT2D eigenvalue weighted by Crippen LogP contribution is 2.51. The minimum atomic E-state index is 0.689. The van der Waals surface area contributed by atoms with Crippen LogP contribution in [0.4, 0.5) is 0 Å². The lowest BCUT2D eigenvalue weighted by Gasteiger charge is -2.45. The molecule has 2 nitrogen and oxygen atoms in total. The van der Waals surface area contributed by atoms with Crippen molar-refractivity contribution in [3.63, 3.8) is 0 Å². The zero-order valence-electron chi connectivity index (χ0n) is 8.92. The first kappa shape index (κ1) is 9.47. The second-order valence-corrected chi connectivity index (χ2v) is 5.32. The lowest BCUT2D eigenvalue weighted by atomic mass is 9.61. The highest BCUT2D eigenvalue weighted by Gasteiger charge is 2.47. The third-order valence-corrected chi connectivity index (χ3v) is 3.97. The van der Waals surface area contributed by atoms with Crippen LogP contribution in [0.3, 0.4) is 0 Å². The predicted octanol–water partition coefficient (Wildman–Crippen LogP) is 1.46. The van der Waals surface area contributed by atoms with Gasteiger partial charge in [0.05, 0.1) is 0 Å². The monoisotopic (exact) mass is 182 g/mol. The van der Waals surface area contributed by atoms with Gasteiger partial charge in [0.15, 0.2) is 0 Å². The van der Waals surface area contributed by atoms with Crippen molar-refractivity contribution in [2.75, 3.05) is 19.6 Å². The van der Waals surface area contributed by atoms with Crippen LogP contribution in [0, 0.1) is 11.3 Å². The van der Waals surface area contributed by atoms with Crippen molar-refractivity contribution >= 4 is 0 Å². The van der Waals surface area contributed by atoms with E-state index in [0.717, 1.165) is 18.5 Å². The SMILES string of the molecule is CC(C)N1CCC2(CC(CN)C2)C1. The van der Waals surface area contributed by atoms with Gasteiger partial charge >= 0.3 is 0 Å². The molecule has 1 spiro atoms. The smallest absolute Gasteiger partial charge is 0.00414 e. The zero-order valence-corrected chi connectivity index (χ0v) is 8.92. The van der Waals surface area contributed by atoms with Gasteiger partial charge < -0.3 is 10.6 Å². The first-order valence-corrected chi connectivity index (χ1v) is 5.59. The molecule has 1 aliphatic heterocycles. The van der Waals surface area contributed by atoms with Crippen LogP contribution in [0.25, 0.3) is 0 Å². The van der Waals surface area contributed by atoms with Crippen LogP contribution in [0.1, 0.15) is 33.1 Å². The van der Waals surface area contributed by atoms with Crippen molar-refractivity contribution < 1.29 is 0 Å². The van der Waals surface area contributed by atoms with E-state index in [1.807, 2.05) is 0 Å². The van der Waals surface area contributed by atoms with Gasteiger partial charge in [0.25, 0.3) is 0 Å². The Hall–Kier alpha value is -0.0800.